The van der Waals surface area contributed by atoms with E-state index in [2.05, 4.69) is 27.7 Å². The van der Waals surface area contributed by atoms with E-state index in [9.17, 15) is 0 Å². The molecule has 0 nitrogen and oxygen atoms in total. The Morgan fingerprint density at radius 2 is 1.73 bits per heavy atom. The first-order valence-electron chi connectivity index (χ1n) is 5.15. The second-order valence-corrected chi connectivity index (χ2v) is 4.58. The van der Waals surface area contributed by atoms with Gasteiger partial charge in [-0.15, -0.1) is 0 Å². The van der Waals surface area contributed by atoms with Gasteiger partial charge in [0.05, 0.1) is 0 Å². The molecule has 4 atom stereocenters. The van der Waals surface area contributed by atoms with Gasteiger partial charge in [-0.25, -0.2) is 0 Å². The minimum Gasteiger partial charge on any atom is -0.0651 e. The van der Waals surface area contributed by atoms with E-state index in [1.807, 2.05) is 0 Å². The second-order valence-electron chi connectivity index (χ2n) is 4.58. The molecule has 3 unspecified atom stereocenters. The SMILES string of the molecule is CC[C@H]1CC(C)CC(C)C1C. The molecule has 66 valence electrons. The number of hydrogen-bond donors (Lipinski definition) is 0. The van der Waals surface area contributed by atoms with Crippen molar-refractivity contribution in [1.82, 2.24) is 0 Å². The summed E-state index contributed by atoms with van der Waals surface area (Å²) < 4.78 is 0. The first kappa shape index (κ1) is 9.09. The zero-order chi connectivity index (χ0) is 8.43. The third-order valence-electron chi connectivity index (χ3n) is 3.64. The summed E-state index contributed by atoms with van der Waals surface area (Å²) in [5.74, 6) is 3.92. The molecular formula is C11H22. The van der Waals surface area contributed by atoms with Gasteiger partial charge in [-0.3, -0.25) is 0 Å². The molecule has 0 radical (unpaired) electrons. The summed E-state index contributed by atoms with van der Waals surface area (Å²) in [6.45, 7) is 9.60. The van der Waals surface area contributed by atoms with Crippen molar-refractivity contribution in [2.45, 2.75) is 47.0 Å². The van der Waals surface area contributed by atoms with Crippen molar-refractivity contribution in [3.63, 3.8) is 0 Å². The van der Waals surface area contributed by atoms with Gasteiger partial charge in [0.25, 0.3) is 0 Å². The smallest absolute Gasteiger partial charge is 0.0386 e. The molecule has 0 aliphatic heterocycles. The quantitative estimate of drug-likeness (QED) is 0.540. The van der Waals surface area contributed by atoms with Crippen molar-refractivity contribution in [2.75, 3.05) is 0 Å². The number of rotatable bonds is 1. The molecule has 0 aromatic heterocycles. The maximum Gasteiger partial charge on any atom is -0.0386 e. The Labute approximate surface area is 71.4 Å². The van der Waals surface area contributed by atoms with E-state index < -0.39 is 0 Å². The highest BCUT2D eigenvalue weighted by atomic mass is 14.3. The Morgan fingerprint density at radius 3 is 2.27 bits per heavy atom. The Morgan fingerprint density at radius 1 is 1.09 bits per heavy atom. The minimum atomic E-state index is 0.962. The summed E-state index contributed by atoms with van der Waals surface area (Å²) in [6, 6.07) is 0. The average Bonchev–Trinajstić information content (AvgIpc) is 1.96. The highest BCUT2D eigenvalue weighted by molar-refractivity contribution is 4.79. The zero-order valence-corrected chi connectivity index (χ0v) is 8.43. The van der Waals surface area contributed by atoms with Crippen LogP contribution in [0.15, 0.2) is 0 Å². The van der Waals surface area contributed by atoms with Crippen LogP contribution in [0, 0.1) is 23.7 Å². The molecule has 1 fully saturated rings. The molecule has 1 aliphatic carbocycles. The summed E-state index contributed by atoms with van der Waals surface area (Å²) in [5.41, 5.74) is 0. The Kier molecular flexibility index (Phi) is 2.98. The van der Waals surface area contributed by atoms with E-state index in [4.69, 9.17) is 0 Å². The van der Waals surface area contributed by atoms with Gasteiger partial charge in [-0.05, 0) is 36.5 Å². The van der Waals surface area contributed by atoms with Gasteiger partial charge in [0.1, 0.15) is 0 Å². The van der Waals surface area contributed by atoms with Crippen LogP contribution in [-0.2, 0) is 0 Å². The summed E-state index contributed by atoms with van der Waals surface area (Å²) in [6.07, 6.45) is 4.31. The topological polar surface area (TPSA) is 0 Å². The lowest BCUT2D eigenvalue weighted by atomic mass is 9.69. The molecule has 0 aromatic carbocycles. The Hall–Kier alpha value is 0. The Balaban J connectivity index is 2.51. The largest absolute Gasteiger partial charge is 0.0651 e. The van der Waals surface area contributed by atoms with Crippen molar-refractivity contribution in [3.05, 3.63) is 0 Å². The molecule has 0 heterocycles. The van der Waals surface area contributed by atoms with Crippen LogP contribution < -0.4 is 0 Å². The van der Waals surface area contributed by atoms with Gasteiger partial charge in [0.2, 0.25) is 0 Å². The third kappa shape index (κ3) is 1.98. The molecule has 11 heavy (non-hydrogen) atoms. The monoisotopic (exact) mass is 154 g/mol. The van der Waals surface area contributed by atoms with E-state index in [1.54, 1.807) is 0 Å². The van der Waals surface area contributed by atoms with Crippen molar-refractivity contribution < 1.29 is 0 Å². The fraction of sp³-hybridized carbons (Fsp3) is 1.00. The molecule has 0 N–H and O–H groups in total. The fourth-order valence-corrected chi connectivity index (χ4v) is 2.68. The van der Waals surface area contributed by atoms with Crippen LogP contribution in [0.5, 0.6) is 0 Å². The molecule has 0 bridgehead atoms. The average molecular weight is 154 g/mol. The normalized spacial score (nSPS) is 45.8. The van der Waals surface area contributed by atoms with Crippen molar-refractivity contribution in [3.8, 4) is 0 Å². The summed E-state index contributed by atoms with van der Waals surface area (Å²) in [7, 11) is 0. The van der Waals surface area contributed by atoms with Crippen LogP contribution >= 0.6 is 0 Å². The zero-order valence-electron chi connectivity index (χ0n) is 8.43. The first-order chi connectivity index (χ1) is 5.15. The predicted octanol–water partition coefficient (Wildman–Crippen LogP) is 3.71. The lowest BCUT2D eigenvalue weighted by molar-refractivity contribution is 0.134. The lowest BCUT2D eigenvalue weighted by Crippen LogP contribution is -2.27. The lowest BCUT2D eigenvalue weighted by Gasteiger charge is -2.37. The van der Waals surface area contributed by atoms with Crippen molar-refractivity contribution in [1.29, 1.82) is 0 Å². The standard InChI is InChI=1S/C11H22/c1-5-11-7-8(2)6-9(3)10(11)4/h8-11H,5-7H2,1-4H3/t8?,9?,10?,11-/m0/s1. The molecule has 1 saturated carbocycles. The van der Waals surface area contributed by atoms with E-state index in [1.165, 1.54) is 19.3 Å². The van der Waals surface area contributed by atoms with Crippen LogP contribution in [-0.4, -0.2) is 0 Å². The summed E-state index contributed by atoms with van der Waals surface area (Å²) >= 11 is 0. The minimum absolute atomic E-state index is 0.962. The van der Waals surface area contributed by atoms with Gasteiger partial charge >= 0.3 is 0 Å². The maximum atomic E-state index is 2.44. The fourth-order valence-electron chi connectivity index (χ4n) is 2.68. The molecular weight excluding hydrogens is 132 g/mol. The van der Waals surface area contributed by atoms with E-state index in [-0.39, 0.29) is 0 Å². The van der Waals surface area contributed by atoms with Gasteiger partial charge < -0.3 is 0 Å². The van der Waals surface area contributed by atoms with E-state index in [0.717, 1.165) is 23.7 Å². The highest BCUT2D eigenvalue weighted by Crippen LogP contribution is 2.38. The van der Waals surface area contributed by atoms with Gasteiger partial charge in [-0.1, -0.05) is 34.1 Å². The summed E-state index contributed by atoms with van der Waals surface area (Å²) in [5, 5.41) is 0. The van der Waals surface area contributed by atoms with Gasteiger partial charge in [0, 0.05) is 0 Å². The van der Waals surface area contributed by atoms with E-state index >= 15 is 0 Å². The van der Waals surface area contributed by atoms with Crippen LogP contribution in [0.25, 0.3) is 0 Å². The van der Waals surface area contributed by atoms with Crippen molar-refractivity contribution in [2.24, 2.45) is 23.7 Å². The van der Waals surface area contributed by atoms with Crippen LogP contribution in [0.4, 0.5) is 0 Å². The third-order valence-corrected chi connectivity index (χ3v) is 3.64. The van der Waals surface area contributed by atoms with E-state index in [0.29, 0.717) is 0 Å². The highest BCUT2D eigenvalue weighted by Gasteiger charge is 2.29. The van der Waals surface area contributed by atoms with Crippen LogP contribution in [0.2, 0.25) is 0 Å². The summed E-state index contributed by atoms with van der Waals surface area (Å²) in [4.78, 5) is 0. The van der Waals surface area contributed by atoms with Crippen LogP contribution in [0.3, 0.4) is 0 Å². The molecule has 0 heteroatoms. The maximum absolute atomic E-state index is 2.44. The first-order valence-corrected chi connectivity index (χ1v) is 5.15. The second kappa shape index (κ2) is 3.60. The van der Waals surface area contributed by atoms with Crippen LogP contribution in [0.1, 0.15) is 47.0 Å². The predicted molar refractivity (Wildman–Crippen MR) is 50.5 cm³/mol. The molecule has 0 spiro atoms. The molecule has 1 rings (SSSR count). The molecule has 1 aliphatic rings. The number of hydrogen-bond acceptors (Lipinski definition) is 0. The van der Waals surface area contributed by atoms with Gasteiger partial charge in [-0.2, -0.15) is 0 Å². The molecule has 0 saturated heterocycles. The molecule has 0 amide bonds. The van der Waals surface area contributed by atoms with Gasteiger partial charge in [0.15, 0.2) is 0 Å². The van der Waals surface area contributed by atoms with Crippen molar-refractivity contribution >= 4 is 0 Å². The Bertz CT molecular complexity index is 117. The molecule has 0 aromatic rings.